The maximum atomic E-state index is 12.2. The molecule has 4 rings (SSSR count). The number of carboxylic acid groups (broad SMARTS) is 1. The molecule has 3 N–H and O–H groups in total. The number of aliphatic carboxylic acids is 1. The SMILES string of the molecule is O=C(O)CNS(=O)(=O)c1ccc(C#CCNC(=O)OCC2c3ccccc3-c3ccccc32)cc1. The molecule has 0 aromatic heterocycles. The minimum absolute atomic E-state index is 0.0287. The fourth-order valence-electron chi connectivity index (χ4n) is 3.87. The first-order valence-electron chi connectivity index (χ1n) is 10.7. The van der Waals surface area contributed by atoms with Crippen molar-refractivity contribution in [2.24, 2.45) is 0 Å². The van der Waals surface area contributed by atoms with Gasteiger partial charge in [0.05, 0.1) is 11.4 Å². The molecular weight excluding hydrogens is 468 g/mol. The largest absolute Gasteiger partial charge is 0.480 e. The summed E-state index contributed by atoms with van der Waals surface area (Å²) in [7, 11) is -3.91. The minimum Gasteiger partial charge on any atom is -0.480 e. The van der Waals surface area contributed by atoms with Gasteiger partial charge in [-0.3, -0.25) is 4.79 Å². The van der Waals surface area contributed by atoms with E-state index in [1.165, 1.54) is 24.3 Å². The molecule has 0 spiro atoms. The van der Waals surface area contributed by atoms with Crippen molar-refractivity contribution in [3.63, 3.8) is 0 Å². The lowest BCUT2D eigenvalue weighted by Gasteiger charge is -2.14. The minimum atomic E-state index is -3.91. The summed E-state index contributed by atoms with van der Waals surface area (Å²) in [4.78, 5) is 22.7. The Kier molecular flexibility index (Phi) is 7.15. The number of rotatable bonds is 7. The smallest absolute Gasteiger partial charge is 0.407 e. The molecule has 1 aliphatic carbocycles. The highest BCUT2D eigenvalue weighted by molar-refractivity contribution is 7.89. The molecule has 3 aromatic rings. The average Bonchev–Trinajstić information content (AvgIpc) is 3.18. The van der Waals surface area contributed by atoms with Gasteiger partial charge >= 0.3 is 12.1 Å². The molecule has 0 radical (unpaired) electrons. The van der Waals surface area contributed by atoms with Gasteiger partial charge in [-0.15, -0.1) is 0 Å². The van der Waals surface area contributed by atoms with E-state index in [1.807, 2.05) is 41.1 Å². The lowest BCUT2D eigenvalue weighted by Crippen LogP contribution is -2.29. The molecule has 0 saturated carbocycles. The van der Waals surface area contributed by atoms with Gasteiger partial charge in [0, 0.05) is 11.5 Å². The van der Waals surface area contributed by atoms with Gasteiger partial charge in [-0.2, -0.15) is 4.72 Å². The van der Waals surface area contributed by atoms with Crippen LogP contribution in [-0.4, -0.2) is 45.3 Å². The monoisotopic (exact) mass is 490 g/mol. The van der Waals surface area contributed by atoms with Crippen molar-refractivity contribution in [3.8, 4) is 23.0 Å². The number of ether oxygens (including phenoxy) is 1. The van der Waals surface area contributed by atoms with Crippen molar-refractivity contribution in [2.75, 3.05) is 19.7 Å². The molecule has 0 aliphatic heterocycles. The molecule has 1 aliphatic rings. The zero-order chi connectivity index (χ0) is 24.8. The second-order valence-electron chi connectivity index (χ2n) is 7.72. The molecule has 0 bridgehead atoms. The highest BCUT2D eigenvalue weighted by Crippen LogP contribution is 2.44. The molecule has 178 valence electrons. The third kappa shape index (κ3) is 5.69. The molecule has 0 unspecified atom stereocenters. The molecule has 35 heavy (non-hydrogen) atoms. The summed E-state index contributed by atoms with van der Waals surface area (Å²) in [6.07, 6.45) is -0.577. The van der Waals surface area contributed by atoms with Crippen LogP contribution in [0.2, 0.25) is 0 Å². The summed E-state index contributed by atoms with van der Waals surface area (Å²) >= 11 is 0. The first-order valence-corrected chi connectivity index (χ1v) is 12.2. The number of fused-ring (bicyclic) bond motifs is 3. The third-order valence-corrected chi connectivity index (χ3v) is 6.89. The van der Waals surface area contributed by atoms with Crippen LogP contribution in [0.1, 0.15) is 22.6 Å². The Morgan fingerprint density at radius 1 is 0.914 bits per heavy atom. The molecule has 9 heteroatoms. The van der Waals surface area contributed by atoms with E-state index in [2.05, 4.69) is 29.3 Å². The number of carbonyl (C=O) groups excluding carboxylic acids is 1. The van der Waals surface area contributed by atoms with Crippen LogP contribution in [-0.2, 0) is 19.6 Å². The molecule has 0 saturated heterocycles. The normalized spacial score (nSPS) is 12.1. The highest BCUT2D eigenvalue weighted by atomic mass is 32.2. The van der Waals surface area contributed by atoms with Gasteiger partial charge in [-0.25, -0.2) is 13.2 Å². The lowest BCUT2D eigenvalue weighted by atomic mass is 9.98. The molecule has 3 aromatic carbocycles. The van der Waals surface area contributed by atoms with Gasteiger partial charge in [-0.05, 0) is 46.5 Å². The Balaban J connectivity index is 1.29. The molecule has 8 nitrogen and oxygen atoms in total. The predicted octanol–water partition coefficient (Wildman–Crippen LogP) is 2.94. The molecule has 1 amide bonds. The maximum absolute atomic E-state index is 12.2. The quantitative estimate of drug-likeness (QED) is 0.438. The molecule has 0 atom stereocenters. The number of carboxylic acids is 1. The topological polar surface area (TPSA) is 122 Å². The van der Waals surface area contributed by atoms with Gasteiger partial charge in [0.2, 0.25) is 10.0 Å². The van der Waals surface area contributed by atoms with E-state index in [0.717, 1.165) is 22.3 Å². The van der Waals surface area contributed by atoms with E-state index in [0.29, 0.717) is 5.56 Å². The van der Waals surface area contributed by atoms with E-state index in [-0.39, 0.29) is 24.0 Å². The van der Waals surface area contributed by atoms with Crippen LogP contribution in [0.3, 0.4) is 0 Å². The van der Waals surface area contributed by atoms with Crippen LogP contribution < -0.4 is 10.0 Å². The van der Waals surface area contributed by atoms with E-state index in [4.69, 9.17) is 9.84 Å². The number of carbonyl (C=O) groups is 2. The summed E-state index contributed by atoms with van der Waals surface area (Å²) < 4.78 is 31.4. The Bertz CT molecular complexity index is 1380. The van der Waals surface area contributed by atoms with E-state index >= 15 is 0 Å². The average molecular weight is 491 g/mol. The number of hydrogen-bond donors (Lipinski definition) is 3. The fourth-order valence-corrected chi connectivity index (χ4v) is 4.84. The first kappa shape index (κ1) is 24.0. The fraction of sp³-hybridized carbons (Fsp3) is 0.154. The highest BCUT2D eigenvalue weighted by Gasteiger charge is 2.28. The van der Waals surface area contributed by atoms with Crippen LogP contribution in [0.4, 0.5) is 4.79 Å². The number of amides is 1. The summed E-state index contributed by atoms with van der Waals surface area (Å²) in [5.74, 6) is 4.30. The number of benzene rings is 3. The van der Waals surface area contributed by atoms with Crippen LogP contribution in [0.5, 0.6) is 0 Å². The van der Waals surface area contributed by atoms with Gasteiger partial charge in [0.15, 0.2) is 0 Å². The molecule has 0 heterocycles. The van der Waals surface area contributed by atoms with Crippen LogP contribution in [0.15, 0.2) is 77.7 Å². The Morgan fingerprint density at radius 2 is 1.51 bits per heavy atom. The lowest BCUT2D eigenvalue weighted by molar-refractivity contribution is -0.135. The van der Waals surface area contributed by atoms with E-state index in [9.17, 15) is 18.0 Å². The Morgan fingerprint density at radius 3 is 2.11 bits per heavy atom. The van der Waals surface area contributed by atoms with Gasteiger partial charge in [-0.1, -0.05) is 60.4 Å². The van der Waals surface area contributed by atoms with Crippen LogP contribution >= 0.6 is 0 Å². The summed E-state index contributed by atoms with van der Waals surface area (Å²) in [6.45, 7) is -0.443. The first-order chi connectivity index (χ1) is 16.8. The van der Waals surface area contributed by atoms with Crippen LogP contribution in [0.25, 0.3) is 11.1 Å². The molecular formula is C26H22N2O6S. The number of hydrogen-bond acceptors (Lipinski definition) is 5. The van der Waals surface area contributed by atoms with Crippen molar-refractivity contribution in [3.05, 3.63) is 89.5 Å². The van der Waals surface area contributed by atoms with Crippen LogP contribution in [0, 0.1) is 11.8 Å². The van der Waals surface area contributed by atoms with Crippen molar-refractivity contribution in [1.29, 1.82) is 0 Å². The van der Waals surface area contributed by atoms with Gasteiger partial charge in [0.25, 0.3) is 0 Å². The number of alkyl carbamates (subject to hydrolysis) is 1. The predicted molar refractivity (Wildman–Crippen MR) is 129 cm³/mol. The summed E-state index contributed by atoms with van der Waals surface area (Å²) in [5, 5.41) is 11.2. The van der Waals surface area contributed by atoms with E-state index in [1.54, 1.807) is 0 Å². The van der Waals surface area contributed by atoms with Crippen molar-refractivity contribution in [2.45, 2.75) is 10.8 Å². The number of sulfonamides is 1. The second kappa shape index (κ2) is 10.4. The molecule has 0 fully saturated rings. The Hall–Kier alpha value is -4.13. The zero-order valence-corrected chi connectivity index (χ0v) is 19.3. The van der Waals surface area contributed by atoms with Gasteiger partial charge < -0.3 is 15.2 Å². The van der Waals surface area contributed by atoms with Crippen molar-refractivity contribution >= 4 is 22.1 Å². The summed E-state index contributed by atoms with van der Waals surface area (Å²) in [6, 6.07) is 21.8. The van der Waals surface area contributed by atoms with Crippen molar-refractivity contribution in [1.82, 2.24) is 10.0 Å². The van der Waals surface area contributed by atoms with Gasteiger partial charge in [0.1, 0.15) is 13.2 Å². The Labute approximate surface area is 203 Å². The zero-order valence-electron chi connectivity index (χ0n) is 18.5. The maximum Gasteiger partial charge on any atom is 0.407 e. The standard InChI is InChI=1S/C26H22N2O6S/c29-25(30)16-28-35(32,33)19-13-11-18(12-14-19)6-5-15-27-26(31)34-17-24-22-9-3-1-7-20(22)21-8-2-4-10-23(21)24/h1-4,7-14,24,28H,15-17H2,(H,27,31)(H,29,30). The number of nitrogens with one attached hydrogen (secondary N) is 2. The van der Waals surface area contributed by atoms with E-state index < -0.39 is 28.6 Å². The second-order valence-corrected chi connectivity index (χ2v) is 9.49. The van der Waals surface area contributed by atoms with Crippen molar-refractivity contribution < 1.29 is 27.9 Å². The summed E-state index contributed by atoms with van der Waals surface area (Å²) in [5.41, 5.74) is 5.10. The third-order valence-electron chi connectivity index (χ3n) is 5.48.